The fourth-order valence-electron chi connectivity index (χ4n) is 2.73. The van der Waals surface area contributed by atoms with Gasteiger partial charge in [0.05, 0.1) is 5.60 Å². The van der Waals surface area contributed by atoms with Crippen molar-refractivity contribution in [2.75, 3.05) is 13.1 Å². The van der Waals surface area contributed by atoms with E-state index in [0.29, 0.717) is 25.9 Å². The lowest BCUT2D eigenvalue weighted by molar-refractivity contribution is -0.0218. The molecule has 0 atom stereocenters. The summed E-state index contributed by atoms with van der Waals surface area (Å²) >= 11 is 1.85. The molecule has 2 rings (SSSR count). The number of nitrogens with zero attached hydrogens (tertiary/aromatic N) is 1. The van der Waals surface area contributed by atoms with E-state index in [1.54, 1.807) is 0 Å². The van der Waals surface area contributed by atoms with Crippen molar-refractivity contribution in [3.05, 3.63) is 35.4 Å². The topological polar surface area (TPSA) is 60.8 Å². The third kappa shape index (κ3) is 4.17. The quantitative estimate of drug-likeness (QED) is 0.891. The molecule has 1 aromatic carbocycles. The molecule has 4 nitrogen and oxygen atoms in total. The molecule has 2 N–H and O–H groups in total. The third-order valence-corrected chi connectivity index (χ3v) is 5.36. The van der Waals surface area contributed by atoms with Gasteiger partial charge in [-0.15, -0.1) is 0 Å². The van der Waals surface area contributed by atoms with Crippen LogP contribution in [0.5, 0.6) is 0 Å². The molecule has 1 heterocycles. The van der Waals surface area contributed by atoms with Crippen LogP contribution in [0, 0.1) is 0 Å². The number of rotatable bonds is 3. The van der Waals surface area contributed by atoms with Crippen LogP contribution in [-0.4, -0.2) is 39.0 Å². The second-order valence-electron chi connectivity index (χ2n) is 6.86. The van der Waals surface area contributed by atoms with Gasteiger partial charge < -0.3 is 15.1 Å². The molecular weight excluding hydrogens is 298 g/mol. The predicted octanol–water partition coefficient (Wildman–Crippen LogP) is 3.68. The average Bonchev–Trinajstić information content (AvgIpc) is 2.45. The maximum atomic E-state index is 11.0. The average molecular weight is 323 g/mol. The monoisotopic (exact) mass is 323 g/mol. The Labute approximate surface area is 136 Å². The number of likely N-dealkylation sites (tertiary alicyclic amines) is 1. The minimum atomic E-state index is -0.916. The number of carboxylic acid groups (broad SMARTS) is 1. The molecular formula is C17H25NO3S. The highest BCUT2D eigenvalue weighted by molar-refractivity contribution is 7.99. The van der Waals surface area contributed by atoms with Gasteiger partial charge in [-0.1, -0.05) is 45.0 Å². The summed E-state index contributed by atoms with van der Waals surface area (Å²) in [7, 11) is 0. The van der Waals surface area contributed by atoms with Crippen molar-refractivity contribution >= 4 is 17.9 Å². The normalized spacial score (nSPS) is 18.3. The molecule has 1 fully saturated rings. The van der Waals surface area contributed by atoms with Crippen LogP contribution in [0.15, 0.2) is 24.3 Å². The van der Waals surface area contributed by atoms with E-state index >= 15 is 0 Å². The van der Waals surface area contributed by atoms with Crippen molar-refractivity contribution in [2.45, 2.75) is 49.7 Å². The fourth-order valence-corrected chi connectivity index (χ4v) is 3.57. The van der Waals surface area contributed by atoms with E-state index in [2.05, 4.69) is 26.8 Å². The summed E-state index contributed by atoms with van der Waals surface area (Å²) in [5.74, 6) is 0.852. The van der Waals surface area contributed by atoms with Crippen LogP contribution in [-0.2, 0) is 11.4 Å². The van der Waals surface area contributed by atoms with Crippen LogP contribution in [0.1, 0.15) is 44.7 Å². The summed E-state index contributed by atoms with van der Waals surface area (Å²) in [5.41, 5.74) is 1.19. The number of hydrogen-bond acceptors (Lipinski definition) is 3. The Morgan fingerprint density at radius 2 is 1.86 bits per heavy atom. The summed E-state index contributed by atoms with van der Waals surface area (Å²) in [6, 6.07) is 7.99. The number of benzene rings is 1. The van der Waals surface area contributed by atoms with E-state index in [9.17, 15) is 9.90 Å². The summed E-state index contributed by atoms with van der Waals surface area (Å²) < 4.78 is 0.169. The van der Waals surface area contributed by atoms with Crippen molar-refractivity contribution in [1.29, 1.82) is 0 Å². The predicted molar refractivity (Wildman–Crippen MR) is 90.2 cm³/mol. The van der Waals surface area contributed by atoms with E-state index in [-0.39, 0.29) is 4.75 Å². The van der Waals surface area contributed by atoms with Gasteiger partial charge in [0, 0.05) is 23.6 Å². The molecule has 1 aromatic rings. The first-order chi connectivity index (χ1) is 10.2. The van der Waals surface area contributed by atoms with Crippen LogP contribution in [0.2, 0.25) is 0 Å². The molecule has 5 heteroatoms. The van der Waals surface area contributed by atoms with Gasteiger partial charge in [-0.05, 0) is 24.0 Å². The maximum absolute atomic E-state index is 11.0. The Bertz CT molecular complexity index is 531. The SMILES string of the molecule is CC(C)(C)SCc1ccccc1C1(O)CCN(C(=O)O)CC1. The second-order valence-corrected chi connectivity index (χ2v) is 8.66. The van der Waals surface area contributed by atoms with Crippen LogP contribution in [0.4, 0.5) is 4.79 Å². The maximum Gasteiger partial charge on any atom is 0.407 e. The van der Waals surface area contributed by atoms with Gasteiger partial charge in [0.2, 0.25) is 0 Å². The van der Waals surface area contributed by atoms with Crippen molar-refractivity contribution in [2.24, 2.45) is 0 Å². The van der Waals surface area contributed by atoms with Gasteiger partial charge in [0.25, 0.3) is 0 Å². The van der Waals surface area contributed by atoms with Gasteiger partial charge >= 0.3 is 6.09 Å². The molecule has 0 radical (unpaired) electrons. The largest absolute Gasteiger partial charge is 0.465 e. The molecule has 122 valence electrons. The summed E-state index contributed by atoms with van der Waals surface area (Å²) in [6.07, 6.45) is 0.00567. The zero-order chi connectivity index (χ0) is 16.4. The van der Waals surface area contributed by atoms with Gasteiger partial charge in [-0.2, -0.15) is 11.8 Å². The Kier molecular flexibility index (Phi) is 5.07. The van der Waals surface area contributed by atoms with Crippen LogP contribution >= 0.6 is 11.8 Å². The van der Waals surface area contributed by atoms with Crippen LogP contribution in [0.25, 0.3) is 0 Å². The lowest BCUT2D eigenvalue weighted by Crippen LogP contribution is -2.45. The highest BCUT2D eigenvalue weighted by atomic mass is 32.2. The minimum absolute atomic E-state index is 0.169. The number of piperidine rings is 1. The minimum Gasteiger partial charge on any atom is -0.465 e. The molecule has 1 aliphatic rings. The molecule has 0 spiro atoms. The van der Waals surface area contributed by atoms with Crippen LogP contribution < -0.4 is 0 Å². The van der Waals surface area contributed by atoms with Crippen molar-refractivity contribution in [1.82, 2.24) is 4.90 Å². The van der Waals surface area contributed by atoms with Crippen molar-refractivity contribution < 1.29 is 15.0 Å². The molecule has 0 aromatic heterocycles. The van der Waals surface area contributed by atoms with E-state index in [4.69, 9.17) is 5.11 Å². The Balaban J connectivity index is 2.16. The second kappa shape index (κ2) is 6.50. The smallest absolute Gasteiger partial charge is 0.407 e. The molecule has 0 aliphatic carbocycles. The molecule has 22 heavy (non-hydrogen) atoms. The summed E-state index contributed by atoms with van der Waals surface area (Å²) in [5, 5.41) is 20.1. The van der Waals surface area contributed by atoms with Crippen molar-refractivity contribution in [3.63, 3.8) is 0 Å². The zero-order valence-electron chi connectivity index (χ0n) is 13.5. The van der Waals surface area contributed by atoms with Crippen LogP contribution in [0.3, 0.4) is 0 Å². The molecule has 1 aliphatic heterocycles. The Morgan fingerprint density at radius 1 is 1.27 bits per heavy atom. The lowest BCUT2D eigenvalue weighted by Gasteiger charge is -2.38. The fraction of sp³-hybridized carbons (Fsp3) is 0.588. The molecule has 0 unspecified atom stereocenters. The molecule has 0 bridgehead atoms. The highest BCUT2D eigenvalue weighted by Gasteiger charge is 2.36. The first-order valence-corrected chi connectivity index (χ1v) is 8.62. The molecule has 1 saturated heterocycles. The Morgan fingerprint density at radius 3 is 2.41 bits per heavy atom. The number of aliphatic hydroxyl groups is 1. The first-order valence-electron chi connectivity index (χ1n) is 7.64. The number of amides is 1. The highest BCUT2D eigenvalue weighted by Crippen LogP contribution is 2.37. The van der Waals surface area contributed by atoms with E-state index < -0.39 is 11.7 Å². The standard InChI is InChI=1S/C17H25NO3S/c1-16(2,3)22-12-13-6-4-5-7-14(13)17(21)8-10-18(11-9-17)15(19)20/h4-7,21H,8-12H2,1-3H3,(H,19,20). The van der Waals surface area contributed by atoms with E-state index in [1.165, 1.54) is 4.90 Å². The third-order valence-electron chi connectivity index (χ3n) is 4.04. The van der Waals surface area contributed by atoms with E-state index in [1.807, 2.05) is 30.0 Å². The number of carbonyl (C=O) groups is 1. The number of hydrogen-bond donors (Lipinski definition) is 2. The van der Waals surface area contributed by atoms with Gasteiger partial charge in [-0.25, -0.2) is 4.79 Å². The zero-order valence-corrected chi connectivity index (χ0v) is 14.3. The molecule has 0 saturated carbocycles. The van der Waals surface area contributed by atoms with Gasteiger partial charge in [0.1, 0.15) is 0 Å². The first kappa shape index (κ1) is 17.2. The molecule has 1 amide bonds. The summed E-state index contributed by atoms with van der Waals surface area (Å²) in [4.78, 5) is 12.4. The number of thioether (sulfide) groups is 1. The van der Waals surface area contributed by atoms with Gasteiger partial charge in [0.15, 0.2) is 0 Å². The van der Waals surface area contributed by atoms with E-state index in [0.717, 1.165) is 16.9 Å². The van der Waals surface area contributed by atoms with Crippen molar-refractivity contribution in [3.8, 4) is 0 Å². The Hall–Kier alpha value is -1.20. The summed E-state index contributed by atoms with van der Waals surface area (Å²) in [6.45, 7) is 7.31. The van der Waals surface area contributed by atoms with Gasteiger partial charge in [-0.3, -0.25) is 0 Å². The lowest BCUT2D eigenvalue weighted by atomic mass is 9.82.